The van der Waals surface area contributed by atoms with E-state index in [2.05, 4.69) is 15.3 Å². The molecule has 0 radical (unpaired) electrons. The number of hydrogen-bond acceptors (Lipinski definition) is 7. The zero-order valence-electron chi connectivity index (χ0n) is 23.7. The molecule has 0 spiro atoms. The van der Waals surface area contributed by atoms with E-state index in [-0.39, 0.29) is 29.8 Å². The van der Waals surface area contributed by atoms with E-state index in [0.717, 1.165) is 31.4 Å². The second-order valence-corrected chi connectivity index (χ2v) is 11.7. The lowest BCUT2D eigenvalue weighted by atomic mass is 10.1. The zero-order valence-corrected chi connectivity index (χ0v) is 24.5. The summed E-state index contributed by atoms with van der Waals surface area (Å²) in [6.07, 6.45) is 6.25. The van der Waals surface area contributed by atoms with Crippen molar-refractivity contribution in [2.75, 3.05) is 29.9 Å². The minimum atomic E-state index is -0.571. The van der Waals surface area contributed by atoms with Gasteiger partial charge in [-0.3, -0.25) is 14.9 Å². The number of halogens is 2. The van der Waals surface area contributed by atoms with E-state index in [1.807, 2.05) is 10.3 Å². The molecule has 1 atom stereocenters. The van der Waals surface area contributed by atoms with Crippen LogP contribution in [0.25, 0.3) is 0 Å². The molecule has 2 fully saturated rings. The lowest BCUT2D eigenvalue weighted by molar-refractivity contribution is -0.130. The number of anilines is 2. The Kier molecular flexibility index (Phi) is 8.37. The first-order valence-electron chi connectivity index (χ1n) is 14.3. The topological polar surface area (TPSA) is 92.6 Å². The van der Waals surface area contributed by atoms with Crippen LogP contribution in [0.4, 0.5) is 19.6 Å². The molecule has 0 aliphatic carbocycles. The number of piperidine rings is 1. The quantitative estimate of drug-likeness (QED) is 0.261. The Hall–Kier alpha value is -4.32. The van der Waals surface area contributed by atoms with Crippen LogP contribution in [0.15, 0.2) is 60.2 Å². The number of rotatable bonds is 8. The number of benzene rings is 1. The molecular weight excluding hydrogens is 574 g/mol. The van der Waals surface area contributed by atoms with Crippen molar-refractivity contribution >= 4 is 34.0 Å². The molecule has 3 aromatic heterocycles. The molecule has 43 heavy (non-hydrogen) atoms. The third-order valence-electron chi connectivity index (χ3n) is 7.96. The molecule has 1 aromatic carbocycles. The third kappa shape index (κ3) is 6.53. The second kappa shape index (κ2) is 12.5. The summed E-state index contributed by atoms with van der Waals surface area (Å²) in [6, 6.07) is 11.4. The number of likely N-dealkylation sites (tertiary alicyclic amines) is 1. The van der Waals surface area contributed by atoms with Gasteiger partial charge in [0, 0.05) is 69.8 Å². The van der Waals surface area contributed by atoms with E-state index in [9.17, 15) is 14.0 Å². The van der Waals surface area contributed by atoms with Crippen molar-refractivity contribution in [2.45, 2.75) is 51.3 Å². The molecule has 4 aromatic rings. The van der Waals surface area contributed by atoms with Crippen molar-refractivity contribution in [3.8, 4) is 5.75 Å². The van der Waals surface area contributed by atoms with E-state index >= 15 is 4.39 Å². The van der Waals surface area contributed by atoms with Crippen LogP contribution >= 0.6 is 11.3 Å². The normalized spacial score (nSPS) is 17.3. The summed E-state index contributed by atoms with van der Waals surface area (Å²) < 4.78 is 36.7. The molecule has 6 rings (SSSR count). The highest BCUT2D eigenvalue weighted by atomic mass is 32.1. The number of carbonyl (C=O) groups is 2. The van der Waals surface area contributed by atoms with Gasteiger partial charge in [0.15, 0.2) is 5.13 Å². The van der Waals surface area contributed by atoms with Gasteiger partial charge in [0.2, 0.25) is 11.9 Å². The Bertz CT molecular complexity index is 1620. The molecule has 9 nitrogen and oxygen atoms in total. The van der Waals surface area contributed by atoms with Gasteiger partial charge in [0.1, 0.15) is 23.4 Å². The monoisotopic (exact) mass is 606 g/mol. The minimum Gasteiger partial charge on any atom is -0.490 e. The van der Waals surface area contributed by atoms with Crippen LogP contribution in [-0.4, -0.2) is 57.0 Å². The Morgan fingerprint density at radius 1 is 1.09 bits per heavy atom. The first-order valence-corrected chi connectivity index (χ1v) is 15.2. The molecular formula is C31H32F2N6O3S. The lowest BCUT2D eigenvalue weighted by Crippen LogP contribution is -2.40. The van der Waals surface area contributed by atoms with E-state index < -0.39 is 5.95 Å². The average Bonchev–Trinajstić information content (AvgIpc) is 3.75. The van der Waals surface area contributed by atoms with Crippen molar-refractivity contribution in [3.63, 3.8) is 0 Å². The number of thiazole rings is 1. The Labute approximate surface area is 252 Å². The largest absolute Gasteiger partial charge is 0.490 e. The number of nitrogens with zero attached hydrogens (tertiary/aromatic N) is 5. The third-order valence-corrected chi connectivity index (χ3v) is 8.74. The van der Waals surface area contributed by atoms with Crippen molar-refractivity contribution in [1.29, 1.82) is 0 Å². The highest BCUT2D eigenvalue weighted by Crippen LogP contribution is 2.39. The van der Waals surface area contributed by atoms with Crippen LogP contribution in [0.2, 0.25) is 0 Å². The molecule has 0 unspecified atom stereocenters. The molecule has 2 aliphatic rings. The van der Waals surface area contributed by atoms with Gasteiger partial charge in [-0.25, -0.2) is 14.4 Å². The van der Waals surface area contributed by atoms with Crippen LogP contribution < -0.4 is 15.0 Å². The maximum Gasteiger partial charge on any atom is 0.274 e. The van der Waals surface area contributed by atoms with Gasteiger partial charge in [-0.05, 0) is 54.8 Å². The maximum atomic E-state index is 15.4. The van der Waals surface area contributed by atoms with Crippen LogP contribution in [0.1, 0.15) is 60.4 Å². The predicted octanol–water partition coefficient (Wildman–Crippen LogP) is 5.65. The van der Waals surface area contributed by atoms with Crippen molar-refractivity contribution < 1.29 is 23.1 Å². The van der Waals surface area contributed by atoms with E-state index in [4.69, 9.17) is 4.74 Å². The number of aromatic nitrogens is 3. The van der Waals surface area contributed by atoms with Gasteiger partial charge in [0.25, 0.3) is 5.91 Å². The summed E-state index contributed by atoms with van der Waals surface area (Å²) in [5.74, 6) is -0.703. The number of hydrogen-bond donors (Lipinski definition) is 1. The number of ether oxygens (including phenoxy) is 1. The molecule has 2 saturated heterocycles. The Morgan fingerprint density at radius 2 is 1.93 bits per heavy atom. The summed E-state index contributed by atoms with van der Waals surface area (Å²) in [7, 11) is 0. The summed E-state index contributed by atoms with van der Waals surface area (Å²) in [5.41, 5.74) is 2.38. The fourth-order valence-electron chi connectivity index (χ4n) is 5.79. The van der Waals surface area contributed by atoms with Gasteiger partial charge >= 0.3 is 0 Å². The highest BCUT2D eigenvalue weighted by molar-refractivity contribution is 7.14. The molecule has 1 N–H and O–H groups in total. The summed E-state index contributed by atoms with van der Waals surface area (Å²) in [5, 5.41) is 5.23. The summed E-state index contributed by atoms with van der Waals surface area (Å²) in [4.78, 5) is 36.8. The van der Waals surface area contributed by atoms with E-state index in [1.54, 1.807) is 52.9 Å². The fraction of sp³-hybridized carbons (Fsp3) is 0.355. The molecule has 2 aliphatic heterocycles. The molecule has 5 heterocycles. The lowest BCUT2D eigenvalue weighted by Gasteiger charge is -2.31. The summed E-state index contributed by atoms with van der Waals surface area (Å²) in [6.45, 7) is 3.87. The second-order valence-electron chi connectivity index (χ2n) is 10.8. The van der Waals surface area contributed by atoms with Gasteiger partial charge in [0.05, 0.1) is 17.4 Å². The molecule has 224 valence electrons. The van der Waals surface area contributed by atoms with Crippen molar-refractivity contribution in [3.05, 3.63) is 89.0 Å². The van der Waals surface area contributed by atoms with Crippen LogP contribution in [0, 0.1) is 11.8 Å². The number of pyridine rings is 1. The Balaban J connectivity index is 1.10. The van der Waals surface area contributed by atoms with Gasteiger partial charge in [-0.2, -0.15) is 4.39 Å². The number of carbonyl (C=O) groups excluding carboxylic acids is 2. The molecule has 0 bridgehead atoms. The molecule has 2 amide bonds. The first-order chi connectivity index (χ1) is 20.8. The predicted molar refractivity (Wildman–Crippen MR) is 159 cm³/mol. The molecule has 12 heteroatoms. The van der Waals surface area contributed by atoms with Crippen LogP contribution in [0.3, 0.4) is 0 Å². The molecule has 0 saturated carbocycles. The van der Waals surface area contributed by atoms with Gasteiger partial charge in [-0.15, -0.1) is 11.3 Å². The van der Waals surface area contributed by atoms with Crippen LogP contribution in [0.5, 0.6) is 5.75 Å². The van der Waals surface area contributed by atoms with Gasteiger partial charge < -0.3 is 19.1 Å². The smallest absolute Gasteiger partial charge is 0.274 e. The van der Waals surface area contributed by atoms with Gasteiger partial charge in [-0.1, -0.05) is 0 Å². The maximum absolute atomic E-state index is 15.4. The van der Waals surface area contributed by atoms with E-state index in [0.29, 0.717) is 54.0 Å². The first kappa shape index (κ1) is 28.8. The zero-order chi connectivity index (χ0) is 29.9. The Morgan fingerprint density at radius 3 is 2.70 bits per heavy atom. The average molecular weight is 607 g/mol. The highest BCUT2D eigenvalue weighted by Gasteiger charge is 2.31. The number of nitrogens with one attached hydrogen (secondary N) is 1. The van der Waals surface area contributed by atoms with Crippen molar-refractivity contribution in [1.82, 2.24) is 19.4 Å². The minimum absolute atomic E-state index is 0.0504. The van der Waals surface area contributed by atoms with E-state index in [1.165, 1.54) is 29.7 Å². The van der Waals surface area contributed by atoms with Crippen LogP contribution in [-0.2, 0) is 11.3 Å². The number of amides is 2. The SMILES string of the molecule is CC(=O)N1CCC(Oc2ccc(N3CCC[C@@H]3c3csc(NC(=O)c4cccn4Cc4ccnc(F)c4)n3)c(F)c2)CC1. The summed E-state index contributed by atoms with van der Waals surface area (Å²) >= 11 is 1.32. The van der Waals surface area contributed by atoms with Crippen molar-refractivity contribution in [2.24, 2.45) is 0 Å². The fourth-order valence-corrected chi connectivity index (χ4v) is 6.54. The standard InChI is InChI=1S/C31H32F2N6O3S/c1-20(40)37-14-9-22(10-15-37)42-23-6-7-26(24(32)17-23)39-13-3-4-27(39)25-19-43-31(35-25)36-30(41)28-5-2-12-38(28)18-21-8-11-34-29(33)16-21/h2,5-8,11-12,16-17,19,22,27H,3-4,9-10,13-15,18H2,1H3,(H,35,36,41)/t27-/m1/s1.